The number of nitro benzene ring substituents is 1. The fraction of sp³-hybridized carbons (Fsp3) is 0.304. The molecule has 2 atom stereocenters. The predicted molar refractivity (Wildman–Crippen MR) is 226 cm³/mol. The largest absolute Gasteiger partial charge is 0.514 e. The van der Waals surface area contributed by atoms with E-state index in [9.17, 15) is 38.9 Å². The Morgan fingerprint density at radius 3 is 2.16 bits per heavy atom. The number of nitrogens with zero attached hydrogens (tertiary/aromatic N) is 2. The molecule has 4 aromatic rings. The summed E-state index contributed by atoms with van der Waals surface area (Å²) >= 11 is 0. The van der Waals surface area contributed by atoms with Crippen LogP contribution in [0.2, 0.25) is 0 Å². The molecule has 5 rings (SSSR count). The van der Waals surface area contributed by atoms with Gasteiger partial charge in [0, 0.05) is 67.1 Å². The van der Waals surface area contributed by atoms with Gasteiger partial charge in [-0.2, -0.15) is 0 Å². The van der Waals surface area contributed by atoms with Crippen LogP contribution in [0, 0.1) is 33.8 Å². The Bertz CT molecular complexity index is 2320. The quantitative estimate of drug-likeness (QED) is 0.0322. The Morgan fingerprint density at radius 1 is 0.803 bits per heavy atom. The van der Waals surface area contributed by atoms with E-state index in [2.05, 4.69) is 27.8 Å². The van der Waals surface area contributed by atoms with Crippen LogP contribution in [0.15, 0.2) is 97.1 Å². The molecular formula is C46H47N5O10. The average Bonchev–Trinajstić information content (AvgIpc) is 3.23. The average molecular weight is 830 g/mol. The molecule has 4 aromatic carbocycles. The molecule has 61 heavy (non-hydrogen) atoms. The molecule has 0 radical (unpaired) electrons. The van der Waals surface area contributed by atoms with Crippen LogP contribution in [0.5, 0.6) is 5.75 Å². The van der Waals surface area contributed by atoms with Gasteiger partial charge in [0.05, 0.1) is 23.2 Å². The molecule has 0 aliphatic carbocycles. The van der Waals surface area contributed by atoms with Gasteiger partial charge in [-0.15, -0.1) is 0 Å². The summed E-state index contributed by atoms with van der Waals surface area (Å²) in [6.07, 6.45) is -0.759. The van der Waals surface area contributed by atoms with Crippen LogP contribution in [0.25, 0.3) is 0 Å². The number of carbonyl (C=O) groups excluding carboxylic acids is 6. The van der Waals surface area contributed by atoms with Crippen LogP contribution in [0.1, 0.15) is 75.1 Å². The van der Waals surface area contributed by atoms with Gasteiger partial charge in [-0.1, -0.05) is 75.1 Å². The number of hydrogen-bond acceptors (Lipinski definition) is 10. The lowest BCUT2D eigenvalue weighted by Crippen LogP contribution is -2.45. The summed E-state index contributed by atoms with van der Waals surface area (Å²) in [6, 6.07) is 25.7. The molecule has 316 valence electrons. The number of Topliss-reactive ketones (excluding diaryl/α,β-unsaturated/α-hetero) is 1. The Morgan fingerprint density at radius 2 is 1.46 bits per heavy atom. The lowest BCUT2D eigenvalue weighted by molar-refractivity contribution is -0.384. The molecule has 1 heterocycles. The van der Waals surface area contributed by atoms with E-state index >= 15 is 0 Å². The smallest absolute Gasteiger partial charge is 0.429 e. The second-order valence-electron chi connectivity index (χ2n) is 14.8. The first-order valence-electron chi connectivity index (χ1n) is 19.8. The molecular weight excluding hydrogens is 783 g/mol. The molecule has 0 saturated carbocycles. The molecule has 0 aromatic heterocycles. The van der Waals surface area contributed by atoms with Crippen molar-refractivity contribution in [2.24, 2.45) is 11.8 Å². The van der Waals surface area contributed by atoms with Crippen molar-refractivity contribution in [2.45, 2.75) is 72.1 Å². The normalized spacial score (nSPS) is 12.4. The van der Waals surface area contributed by atoms with Gasteiger partial charge >= 0.3 is 6.16 Å². The molecule has 0 spiro atoms. The van der Waals surface area contributed by atoms with Crippen molar-refractivity contribution in [1.82, 2.24) is 10.6 Å². The molecule has 0 bridgehead atoms. The molecule has 0 saturated heterocycles. The van der Waals surface area contributed by atoms with E-state index in [1.54, 1.807) is 49.9 Å². The number of non-ortho nitro benzene ring substituents is 1. The van der Waals surface area contributed by atoms with E-state index in [4.69, 9.17) is 9.47 Å². The minimum absolute atomic E-state index is 0.00586. The lowest BCUT2D eigenvalue weighted by atomic mass is 9.92. The highest BCUT2D eigenvalue weighted by molar-refractivity contribution is 5.97. The van der Waals surface area contributed by atoms with E-state index in [-0.39, 0.29) is 80.2 Å². The minimum atomic E-state index is -1.00. The van der Waals surface area contributed by atoms with Crippen molar-refractivity contribution < 1.29 is 43.2 Å². The number of benzene rings is 4. The van der Waals surface area contributed by atoms with E-state index < -0.39 is 34.9 Å². The maximum absolute atomic E-state index is 13.4. The summed E-state index contributed by atoms with van der Waals surface area (Å²) in [4.78, 5) is 89.1. The van der Waals surface area contributed by atoms with Crippen molar-refractivity contribution >= 4 is 52.6 Å². The number of carbonyl (C=O) groups is 6. The summed E-state index contributed by atoms with van der Waals surface area (Å²) in [5, 5.41) is 19.1. The van der Waals surface area contributed by atoms with Crippen molar-refractivity contribution in [2.75, 3.05) is 16.8 Å². The van der Waals surface area contributed by atoms with Crippen LogP contribution in [-0.4, -0.2) is 53.1 Å². The zero-order chi connectivity index (χ0) is 43.9. The monoisotopic (exact) mass is 829 g/mol. The molecule has 15 nitrogen and oxygen atoms in total. The third-order valence-corrected chi connectivity index (χ3v) is 9.75. The van der Waals surface area contributed by atoms with Crippen LogP contribution in [-0.2, 0) is 41.9 Å². The molecule has 1 aliphatic heterocycles. The SMILES string of the molecule is CC(C)[C@H](NC(=O)CCCC(=O)NCCC(=O)N1Cc2ccccc2C#Cc2ccccc21)C(=O)C[C@@H](C)C(=O)Nc1ccc(COC(=O)Oc2ccc([N+](=O)[O-])cc2)cc1. The third-order valence-electron chi connectivity index (χ3n) is 9.75. The number of nitro groups is 1. The number of fused-ring (bicyclic) bond motifs is 2. The highest BCUT2D eigenvalue weighted by Gasteiger charge is 2.28. The molecule has 3 N–H and O–H groups in total. The first-order chi connectivity index (χ1) is 29.3. The minimum Gasteiger partial charge on any atom is -0.429 e. The fourth-order valence-electron chi connectivity index (χ4n) is 6.39. The maximum atomic E-state index is 13.4. The van der Waals surface area contributed by atoms with Crippen molar-refractivity contribution in [3.8, 4) is 17.6 Å². The highest BCUT2D eigenvalue weighted by atomic mass is 16.7. The second-order valence-corrected chi connectivity index (χ2v) is 14.8. The topological polar surface area (TPSA) is 203 Å². The zero-order valence-electron chi connectivity index (χ0n) is 34.1. The van der Waals surface area contributed by atoms with Crippen molar-refractivity contribution in [3.05, 3.63) is 129 Å². The van der Waals surface area contributed by atoms with Crippen molar-refractivity contribution in [3.63, 3.8) is 0 Å². The second kappa shape index (κ2) is 21.6. The number of ether oxygens (including phenoxy) is 2. The molecule has 4 amide bonds. The zero-order valence-corrected chi connectivity index (χ0v) is 34.1. The van der Waals surface area contributed by atoms with Crippen LogP contribution in [0.4, 0.5) is 21.9 Å². The number of anilines is 2. The predicted octanol–water partition coefficient (Wildman–Crippen LogP) is 6.61. The first-order valence-corrected chi connectivity index (χ1v) is 19.8. The molecule has 0 unspecified atom stereocenters. The molecule has 15 heteroatoms. The number of hydrogen-bond donors (Lipinski definition) is 3. The summed E-state index contributed by atoms with van der Waals surface area (Å²) in [5.41, 5.74) is 4.13. The number of ketones is 1. The summed E-state index contributed by atoms with van der Waals surface area (Å²) in [7, 11) is 0. The van der Waals surface area contributed by atoms with Gasteiger partial charge in [0.25, 0.3) is 5.69 Å². The Balaban J connectivity index is 0.995. The number of para-hydroxylation sites is 1. The van der Waals surface area contributed by atoms with Gasteiger partial charge in [0.2, 0.25) is 23.6 Å². The van der Waals surface area contributed by atoms with Gasteiger partial charge in [0.1, 0.15) is 12.4 Å². The Labute approximate surface area is 353 Å². The highest BCUT2D eigenvalue weighted by Crippen LogP contribution is 2.26. The van der Waals surface area contributed by atoms with Gasteiger partial charge in [-0.05, 0) is 65.9 Å². The van der Waals surface area contributed by atoms with Gasteiger partial charge < -0.3 is 30.3 Å². The Kier molecular flexibility index (Phi) is 15.8. The van der Waals surface area contributed by atoms with E-state index in [0.29, 0.717) is 23.5 Å². The third kappa shape index (κ3) is 13.3. The number of nitrogens with one attached hydrogen (secondary N) is 3. The number of amides is 4. The number of rotatable bonds is 18. The lowest BCUT2D eigenvalue weighted by Gasteiger charge is -2.26. The summed E-state index contributed by atoms with van der Waals surface area (Å²) in [5.74, 6) is 3.90. The standard InChI is InChI=1S/C46H47N5O10/c1-30(2)44(40(52)27-31(3)45(56)48-36-19-15-32(16-20-36)29-60-46(57)61-38-23-21-37(22-24-38)51(58)59)49-42(54)14-8-13-41(53)47-26-25-43(55)50-28-35-11-5-4-9-33(35)17-18-34-10-6-7-12-39(34)50/h4-7,9-12,15-16,19-24,30-31,44H,8,13-14,25-29H2,1-3H3,(H,47,53)(H,48,56)(H,49,54)/t31-,44+/m1/s1. The molecule has 1 aliphatic rings. The molecule has 0 fully saturated rings. The fourth-order valence-corrected chi connectivity index (χ4v) is 6.39. The van der Waals surface area contributed by atoms with E-state index in [1.807, 2.05) is 48.5 Å². The summed E-state index contributed by atoms with van der Waals surface area (Å²) < 4.78 is 10.1. The van der Waals surface area contributed by atoms with Crippen LogP contribution >= 0.6 is 0 Å². The summed E-state index contributed by atoms with van der Waals surface area (Å²) in [6.45, 7) is 5.54. The van der Waals surface area contributed by atoms with Gasteiger partial charge in [-0.3, -0.25) is 34.1 Å². The van der Waals surface area contributed by atoms with Gasteiger partial charge in [-0.25, -0.2) is 4.79 Å². The van der Waals surface area contributed by atoms with Gasteiger partial charge in [0.15, 0.2) is 5.78 Å². The van der Waals surface area contributed by atoms with Crippen LogP contribution in [0.3, 0.4) is 0 Å². The van der Waals surface area contributed by atoms with Crippen molar-refractivity contribution in [1.29, 1.82) is 0 Å². The van der Waals surface area contributed by atoms with Crippen LogP contribution < -0.4 is 25.6 Å². The Hall–Kier alpha value is -7.34. The first kappa shape index (κ1) is 44.8. The maximum Gasteiger partial charge on any atom is 0.514 e. The van der Waals surface area contributed by atoms with E-state index in [1.165, 1.54) is 24.3 Å². The van der Waals surface area contributed by atoms with E-state index in [0.717, 1.165) is 16.7 Å².